The molecule has 2 heterocycles. The van der Waals surface area contributed by atoms with Crippen LogP contribution in [0.5, 0.6) is 11.5 Å². The van der Waals surface area contributed by atoms with Crippen molar-refractivity contribution in [3.05, 3.63) is 91.0 Å². The Bertz CT molecular complexity index is 1130. The third-order valence-electron chi connectivity index (χ3n) is 4.28. The summed E-state index contributed by atoms with van der Waals surface area (Å²) in [4.78, 5) is 20.3. The largest absolute Gasteiger partial charge is 0.457 e. The second-order valence-electron chi connectivity index (χ2n) is 6.46. The lowest BCUT2D eigenvalue weighted by Gasteiger charge is -2.07. The molecular weight excluding hydrogens is 385 g/mol. The molecule has 2 aromatic carbocycles. The van der Waals surface area contributed by atoms with Crippen molar-refractivity contribution >= 4 is 11.6 Å². The van der Waals surface area contributed by atoms with Gasteiger partial charge in [-0.25, -0.2) is 9.37 Å². The third-order valence-corrected chi connectivity index (χ3v) is 4.28. The van der Waals surface area contributed by atoms with E-state index < -0.39 is 0 Å². The van der Waals surface area contributed by atoms with Crippen LogP contribution in [0.2, 0.25) is 0 Å². The quantitative estimate of drug-likeness (QED) is 0.457. The van der Waals surface area contributed by atoms with Crippen LogP contribution in [0.25, 0.3) is 11.3 Å². The molecule has 4 rings (SSSR count). The number of nitrogens with one attached hydrogen (secondary N) is 1. The number of aryl methyl sites for hydroxylation is 1. The van der Waals surface area contributed by atoms with E-state index in [1.54, 1.807) is 67.0 Å². The molecule has 2 aromatic heterocycles. The smallest absolute Gasteiger partial charge is 0.224 e. The van der Waals surface area contributed by atoms with E-state index in [0.717, 1.165) is 0 Å². The van der Waals surface area contributed by atoms with Crippen molar-refractivity contribution in [3.8, 4) is 22.8 Å². The second-order valence-corrected chi connectivity index (χ2v) is 6.46. The van der Waals surface area contributed by atoms with Gasteiger partial charge < -0.3 is 14.5 Å². The molecule has 0 aliphatic rings. The number of amides is 1. The summed E-state index contributed by atoms with van der Waals surface area (Å²) in [7, 11) is 0. The van der Waals surface area contributed by atoms with Crippen LogP contribution in [0.4, 0.5) is 10.1 Å². The lowest BCUT2D eigenvalue weighted by Crippen LogP contribution is -2.12. The Balaban J connectivity index is 1.29. The van der Waals surface area contributed by atoms with Gasteiger partial charge in [0, 0.05) is 30.9 Å². The fraction of sp³-hybridized carbons (Fsp3) is 0.0870. The Morgan fingerprint density at radius 3 is 2.50 bits per heavy atom. The van der Waals surface area contributed by atoms with Crippen molar-refractivity contribution in [2.45, 2.75) is 12.8 Å². The first-order valence-corrected chi connectivity index (χ1v) is 9.35. The van der Waals surface area contributed by atoms with Crippen LogP contribution in [-0.2, 0) is 11.2 Å². The summed E-state index contributed by atoms with van der Waals surface area (Å²) < 4.78 is 25.1. The van der Waals surface area contributed by atoms with Crippen LogP contribution in [0.15, 0.2) is 83.7 Å². The molecule has 6 nitrogen and oxygen atoms in total. The highest BCUT2D eigenvalue weighted by Gasteiger charge is 2.12. The second kappa shape index (κ2) is 9.00. The highest BCUT2D eigenvalue weighted by Crippen LogP contribution is 2.24. The predicted octanol–water partition coefficient (Wildman–Crippen LogP) is 5.24. The van der Waals surface area contributed by atoms with Gasteiger partial charge in [-0.15, -0.1) is 0 Å². The Kier molecular flexibility index (Phi) is 5.80. The van der Waals surface area contributed by atoms with E-state index in [9.17, 15) is 9.18 Å². The topological polar surface area (TPSA) is 77.2 Å². The number of rotatable bonds is 7. The fourth-order valence-corrected chi connectivity index (χ4v) is 2.80. The molecule has 0 aliphatic carbocycles. The van der Waals surface area contributed by atoms with Crippen molar-refractivity contribution < 1.29 is 18.3 Å². The summed E-state index contributed by atoms with van der Waals surface area (Å²) in [5, 5.41) is 2.82. The van der Waals surface area contributed by atoms with Gasteiger partial charge in [0.2, 0.25) is 5.91 Å². The van der Waals surface area contributed by atoms with Crippen LogP contribution < -0.4 is 10.1 Å². The maximum absolute atomic E-state index is 13.8. The molecule has 1 amide bonds. The van der Waals surface area contributed by atoms with E-state index >= 15 is 0 Å². The number of anilines is 1. The van der Waals surface area contributed by atoms with Gasteiger partial charge in [-0.1, -0.05) is 12.1 Å². The van der Waals surface area contributed by atoms with Gasteiger partial charge >= 0.3 is 0 Å². The van der Waals surface area contributed by atoms with Gasteiger partial charge in [-0.05, 0) is 48.5 Å². The minimum absolute atomic E-state index is 0.177. The number of halogens is 1. The molecule has 0 bridgehead atoms. The van der Waals surface area contributed by atoms with Crippen LogP contribution in [0.3, 0.4) is 0 Å². The molecule has 7 heteroatoms. The lowest BCUT2D eigenvalue weighted by atomic mass is 10.2. The van der Waals surface area contributed by atoms with Gasteiger partial charge in [0.05, 0.1) is 11.8 Å². The van der Waals surface area contributed by atoms with E-state index in [0.29, 0.717) is 40.8 Å². The van der Waals surface area contributed by atoms with Crippen LogP contribution in [0, 0.1) is 5.82 Å². The van der Waals surface area contributed by atoms with Gasteiger partial charge in [-0.2, -0.15) is 0 Å². The zero-order valence-corrected chi connectivity index (χ0v) is 15.9. The van der Waals surface area contributed by atoms with Crippen molar-refractivity contribution in [1.82, 2.24) is 9.97 Å². The molecule has 0 aliphatic heterocycles. The number of hydrogen-bond acceptors (Lipinski definition) is 5. The zero-order valence-electron chi connectivity index (χ0n) is 15.9. The number of benzene rings is 2. The van der Waals surface area contributed by atoms with E-state index in [1.165, 1.54) is 12.3 Å². The van der Waals surface area contributed by atoms with Gasteiger partial charge in [0.15, 0.2) is 11.7 Å². The summed E-state index contributed by atoms with van der Waals surface area (Å²) in [6.45, 7) is 0. The van der Waals surface area contributed by atoms with Gasteiger partial charge in [0.25, 0.3) is 0 Å². The average molecular weight is 403 g/mol. The Morgan fingerprint density at radius 2 is 1.73 bits per heavy atom. The fourth-order valence-electron chi connectivity index (χ4n) is 2.80. The Labute approximate surface area is 172 Å². The number of carbonyl (C=O) groups excluding carboxylic acids is 1. The lowest BCUT2D eigenvalue weighted by molar-refractivity contribution is -0.116. The maximum atomic E-state index is 13.8. The average Bonchev–Trinajstić information content (AvgIpc) is 3.24. The predicted molar refractivity (Wildman–Crippen MR) is 110 cm³/mol. The normalized spacial score (nSPS) is 10.6. The Morgan fingerprint density at radius 1 is 1.00 bits per heavy atom. The summed E-state index contributed by atoms with van der Waals surface area (Å²) in [6.07, 6.45) is 5.26. The molecule has 0 saturated carbocycles. The van der Waals surface area contributed by atoms with Gasteiger partial charge in [-0.3, -0.25) is 9.78 Å². The number of nitrogens with zero attached hydrogens (tertiary/aromatic N) is 2. The Hall–Kier alpha value is -4.00. The molecule has 1 N–H and O–H groups in total. The molecular formula is C23H18FN3O3. The highest BCUT2D eigenvalue weighted by molar-refractivity contribution is 5.90. The SMILES string of the molecule is O=C(CCc1ncc(-c2ccccc2F)o1)Nc1ccc(Oc2ccncc2)cc1. The summed E-state index contributed by atoms with van der Waals surface area (Å²) in [5.74, 6) is 1.50. The van der Waals surface area contributed by atoms with Crippen LogP contribution >= 0.6 is 0 Å². The van der Waals surface area contributed by atoms with E-state index in [-0.39, 0.29) is 18.1 Å². The molecule has 150 valence electrons. The molecule has 0 fully saturated rings. The van der Waals surface area contributed by atoms with E-state index in [1.807, 2.05) is 0 Å². The van der Waals surface area contributed by atoms with E-state index in [4.69, 9.17) is 9.15 Å². The molecule has 0 radical (unpaired) electrons. The molecule has 0 unspecified atom stereocenters. The maximum Gasteiger partial charge on any atom is 0.224 e. The molecule has 0 atom stereocenters. The highest BCUT2D eigenvalue weighted by atomic mass is 19.1. The number of hydrogen-bond donors (Lipinski definition) is 1. The summed E-state index contributed by atoms with van der Waals surface area (Å²) in [5.41, 5.74) is 0.997. The molecule has 4 aromatic rings. The van der Waals surface area contributed by atoms with Crippen LogP contribution in [-0.4, -0.2) is 15.9 Å². The summed E-state index contributed by atoms with van der Waals surface area (Å²) >= 11 is 0. The minimum Gasteiger partial charge on any atom is -0.457 e. The van der Waals surface area contributed by atoms with Crippen molar-refractivity contribution in [2.75, 3.05) is 5.32 Å². The molecule has 30 heavy (non-hydrogen) atoms. The van der Waals surface area contributed by atoms with Crippen molar-refractivity contribution in [3.63, 3.8) is 0 Å². The van der Waals surface area contributed by atoms with Crippen molar-refractivity contribution in [1.29, 1.82) is 0 Å². The monoisotopic (exact) mass is 403 g/mol. The molecule has 0 spiro atoms. The third kappa shape index (κ3) is 4.88. The zero-order chi connectivity index (χ0) is 20.8. The molecule has 0 saturated heterocycles. The number of pyridine rings is 1. The van der Waals surface area contributed by atoms with Crippen LogP contribution in [0.1, 0.15) is 12.3 Å². The van der Waals surface area contributed by atoms with Gasteiger partial charge in [0.1, 0.15) is 17.3 Å². The number of carbonyl (C=O) groups is 1. The first-order valence-electron chi connectivity index (χ1n) is 9.35. The number of oxazole rings is 1. The first-order chi connectivity index (χ1) is 14.7. The summed E-state index contributed by atoms with van der Waals surface area (Å²) in [6, 6.07) is 16.9. The number of ether oxygens (including phenoxy) is 1. The standard InChI is InChI=1S/C23H18FN3O3/c24-20-4-2-1-3-19(20)21-15-26-23(30-21)10-9-22(28)27-16-5-7-17(8-6-16)29-18-11-13-25-14-12-18/h1-8,11-15H,9-10H2,(H,27,28). The van der Waals surface area contributed by atoms with E-state index in [2.05, 4.69) is 15.3 Å². The number of aromatic nitrogens is 2. The van der Waals surface area contributed by atoms with Crippen molar-refractivity contribution in [2.24, 2.45) is 0 Å². The first kappa shape index (κ1) is 19.3. The minimum atomic E-state index is -0.380.